The molecule has 0 unspecified atom stereocenters. The fourth-order valence-electron chi connectivity index (χ4n) is 3.86. The highest BCUT2D eigenvalue weighted by Crippen LogP contribution is 2.32. The summed E-state index contributed by atoms with van der Waals surface area (Å²) in [6.45, 7) is 6.91. The van der Waals surface area contributed by atoms with Crippen molar-refractivity contribution in [1.29, 1.82) is 0 Å². The predicted octanol–water partition coefficient (Wildman–Crippen LogP) is 3.41. The Balaban J connectivity index is 2.08. The van der Waals surface area contributed by atoms with Crippen LogP contribution in [0.1, 0.15) is 33.3 Å². The zero-order valence-electron chi connectivity index (χ0n) is 23.2. The molecule has 40 heavy (non-hydrogen) atoms. The van der Waals surface area contributed by atoms with E-state index in [0.29, 0.717) is 15.6 Å². The minimum absolute atomic E-state index is 0.226. The molecule has 0 bridgehead atoms. The molecule has 0 aromatic heterocycles. The second-order valence-corrected chi connectivity index (χ2v) is 13.3. The summed E-state index contributed by atoms with van der Waals surface area (Å²) >= 11 is 1.20. The van der Waals surface area contributed by atoms with Gasteiger partial charge in [-0.25, -0.2) is 26.7 Å². The van der Waals surface area contributed by atoms with Crippen LogP contribution >= 0.6 is 11.8 Å². The number of sulfonamides is 1. The summed E-state index contributed by atoms with van der Waals surface area (Å²) in [5, 5.41) is 2.09. The van der Waals surface area contributed by atoms with Crippen LogP contribution in [0.3, 0.4) is 0 Å². The molecule has 0 radical (unpaired) electrons. The largest absolute Gasteiger partial charge is 0.461 e. The molecule has 1 fully saturated rings. The van der Waals surface area contributed by atoms with Gasteiger partial charge in [-0.3, -0.25) is 10.1 Å². The van der Waals surface area contributed by atoms with Crippen molar-refractivity contribution in [3.63, 3.8) is 0 Å². The summed E-state index contributed by atoms with van der Waals surface area (Å²) in [6, 6.07) is 9.06. The van der Waals surface area contributed by atoms with Gasteiger partial charge >= 0.3 is 12.1 Å². The van der Waals surface area contributed by atoms with Crippen LogP contribution in [0.5, 0.6) is 5.75 Å². The van der Waals surface area contributed by atoms with Gasteiger partial charge in [0.05, 0.1) is 6.10 Å². The van der Waals surface area contributed by atoms with E-state index in [1.807, 2.05) is 13.8 Å². The van der Waals surface area contributed by atoms with Gasteiger partial charge in [0.2, 0.25) is 0 Å². The fourth-order valence-corrected chi connectivity index (χ4v) is 6.87. The van der Waals surface area contributed by atoms with E-state index in [2.05, 4.69) is 5.32 Å². The van der Waals surface area contributed by atoms with Gasteiger partial charge in [-0.05, 0) is 57.5 Å². The van der Waals surface area contributed by atoms with Crippen LogP contribution in [0.4, 0.5) is 9.18 Å². The number of hydrogen-bond donors (Lipinski definition) is 1. The monoisotopic (exact) mass is 595 g/mol. The highest BCUT2D eigenvalue weighted by molar-refractivity contribution is 8.01. The standard InChI is InChI=1S/C27H34FN3O7S2/c1-17(2)37-25(33)21(15-18-11-13-19(14-12-18)38-26(34)30(5)6)31(24(32)23-29-27(3,4)16-39-23)40(35,36)22-10-8-7-9-20(22)28/h7-14,17,21,23,29H,15-16H2,1-6H3/t21-,23-/m0/s1. The molecule has 218 valence electrons. The van der Waals surface area contributed by atoms with Crippen molar-refractivity contribution >= 4 is 39.8 Å². The van der Waals surface area contributed by atoms with Gasteiger partial charge in [0.25, 0.3) is 15.9 Å². The number of carbonyl (C=O) groups is 3. The van der Waals surface area contributed by atoms with Crippen molar-refractivity contribution in [2.24, 2.45) is 0 Å². The van der Waals surface area contributed by atoms with E-state index >= 15 is 0 Å². The van der Waals surface area contributed by atoms with E-state index in [0.717, 1.165) is 12.1 Å². The molecular formula is C27H34FN3O7S2. The highest BCUT2D eigenvalue weighted by atomic mass is 32.2. The number of esters is 1. The summed E-state index contributed by atoms with van der Waals surface area (Å²) in [5.74, 6) is -2.21. The van der Waals surface area contributed by atoms with Crippen LogP contribution in [0.25, 0.3) is 0 Å². The second kappa shape index (κ2) is 12.6. The number of nitrogens with zero attached hydrogens (tertiary/aromatic N) is 2. The lowest BCUT2D eigenvalue weighted by atomic mass is 10.1. The maximum Gasteiger partial charge on any atom is 0.414 e. The highest BCUT2D eigenvalue weighted by Gasteiger charge is 2.47. The molecule has 3 rings (SSSR count). The number of rotatable bonds is 9. The van der Waals surface area contributed by atoms with E-state index in [-0.39, 0.29) is 12.2 Å². The Hall–Kier alpha value is -3.16. The van der Waals surface area contributed by atoms with E-state index in [1.165, 1.54) is 67.2 Å². The predicted molar refractivity (Wildman–Crippen MR) is 149 cm³/mol. The number of nitrogens with one attached hydrogen (secondary N) is 1. The summed E-state index contributed by atoms with van der Waals surface area (Å²) in [7, 11) is -1.80. The van der Waals surface area contributed by atoms with Crippen LogP contribution in [-0.4, -0.2) is 78.5 Å². The van der Waals surface area contributed by atoms with Crippen LogP contribution in [-0.2, 0) is 30.8 Å². The zero-order chi connectivity index (χ0) is 29.8. The molecule has 2 atom stereocenters. The molecule has 1 heterocycles. The van der Waals surface area contributed by atoms with Gasteiger partial charge in [0.1, 0.15) is 27.9 Å². The van der Waals surface area contributed by atoms with Gasteiger partial charge in [-0.2, -0.15) is 0 Å². The van der Waals surface area contributed by atoms with Gasteiger partial charge in [-0.15, -0.1) is 11.8 Å². The third kappa shape index (κ3) is 7.52. The summed E-state index contributed by atoms with van der Waals surface area (Å²) < 4.78 is 53.7. The minimum Gasteiger partial charge on any atom is -0.461 e. The average Bonchev–Trinajstić information content (AvgIpc) is 3.23. The maximum absolute atomic E-state index is 14.8. The first-order valence-corrected chi connectivity index (χ1v) is 15.0. The lowest BCUT2D eigenvalue weighted by Crippen LogP contribution is -2.56. The van der Waals surface area contributed by atoms with Gasteiger partial charge in [-0.1, -0.05) is 24.3 Å². The van der Waals surface area contributed by atoms with Crippen molar-refractivity contribution in [3.8, 4) is 5.75 Å². The third-order valence-electron chi connectivity index (χ3n) is 5.78. The Bertz CT molecular complexity index is 1350. The Labute approximate surface area is 238 Å². The Morgan fingerprint density at radius 3 is 2.25 bits per heavy atom. The smallest absolute Gasteiger partial charge is 0.414 e. The molecule has 0 saturated carbocycles. The number of hydrogen-bond acceptors (Lipinski definition) is 9. The molecule has 1 N–H and O–H groups in total. The molecule has 2 aromatic rings. The molecule has 1 aliphatic rings. The first-order valence-electron chi connectivity index (χ1n) is 12.5. The molecule has 13 heteroatoms. The van der Waals surface area contributed by atoms with Crippen LogP contribution < -0.4 is 10.1 Å². The SMILES string of the molecule is CC(C)OC(=O)[C@H](Cc1ccc(OC(=O)N(C)C)cc1)N(C(=O)[C@H]1NC(C)(C)CS1)S(=O)(=O)c1ccccc1F. The topological polar surface area (TPSA) is 122 Å². The molecule has 1 aliphatic heterocycles. The van der Waals surface area contributed by atoms with Crippen LogP contribution in [0.15, 0.2) is 53.4 Å². The first kappa shape index (κ1) is 31.4. The van der Waals surface area contributed by atoms with E-state index in [1.54, 1.807) is 13.8 Å². The first-order chi connectivity index (χ1) is 18.6. The minimum atomic E-state index is -4.86. The number of thioether (sulfide) groups is 1. The van der Waals surface area contributed by atoms with Crippen molar-refractivity contribution in [2.45, 2.75) is 62.1 Å². The van der Waals surface area contributed by atoms with E-state index in [4.69, 9.17) is 9.47 Å². The number of carbonyl (C=O) groups excluding carboxylic acids is 3. The molecular weight excluding hydrogens is 561 g/mol. The molecule has 0 spiro atoms. The van der Waals surface area contributed by atoms with Gasteiger partial charge in [0, 0.05) is 31.8 Å². The lowest BCUT2D eigenvalue weighted by molar-refractivity contribution is -0.155. The zero-order valence-corrected chi connectivity index (χ0v) is 24.8. The Morgan fingerprint density at radius 2 is 1.73 bits per heavy atom. The number of halogens is 1. The fraction of sp³-hybridized carbons (Fsp3) is 0.444. The molecule has 0 aliphatic carbocycles. The van der Waals surface area contributed by atoms with Gasteiger partial charge in [0.15, 0.2) is 0 Å². The van der Waals surface area contributed by atoms with Gasteiger partial charge < -0.3 is 14.4 Å². The maximum atomic E-state index is 14.8. The molecule has 2 amide bonds. The van der Waals surface area contributed by atoms with Crippen LogP contribution in [0.2, 0.25) is 0 Å². The molecule has 2 aromatic carbocycles. The van der Waals surface area contributed by atoms with E-state index in [9.17, 15) is 27.2 Å². The summed E-state index contributed by atoms with van der Waals surface area (Å²) in [6.07, 6.45) is -1.48. The average molecular weight is 596 g/mol. The Kier molecular flexibility index (Phi) is 9.85. The van der Waals surface area contributed by atoms with Crippen molar-refractivity contribution in [1.82, 2.24) is 14.5 Å². The molecule has 1 saturated heterocycles. The number of benzene rings is 2. The van der Waals surface area contributed by atoms with Crippen molar-refractivity contribution in [3.05, 3.63) is 59.9 Å². The normalized spacial score (nSPS) is 17.2. The third-order valence-corrected chi connectivity index (χ3v) is 9.16. The number of amides is 2. The quantitative estimate of drug-likeness (QED) is 0.435. The Morgan fingerprint density at radius 1 is 1.10 bits per heavy atom. The van der Waals surface area contributed by atoms with Crippen LogP contribution in [0, 0.1) is 5.82 Å². The summed E-state index contributed by atoms with van der Waals surface area (Å²) in [4.78, 5) is 39.7. The summed E-state index contributed by atoms with van der Waals surface area (Å²) in [5.41, 5.74) is -0.0316. The number of ether oxygens (including phenoxy) is 2. The lowest BCUT2D eigenvalue weighted by Gasteiger charge is -2.32. The van der Waals surface area contributed by atoms with Crippen molar-refractivity contribution in [2.75, 3.05) is 19.8 Å². The van der Waals surface area contributed by atoms with E-state index < -0.39 is 61.8 Å². The second-order valence-electron chi connectivity index (χ2n) is 10.4. The molecule has 10 nitrogen and oxygen atoms in total. The van der Waals surface area contributed by atoms with Crippen molar-refractivity contribution < 1.29 is 36.7 Å².